The van der Waals surface area contributed by atoms with Crippen molar-refractivity contribution >= 4 is 5.97 Å². The van der Waals surface area contributed by atoms with Crippen LogP contribution in [-0.2, 0) is 9.53 Å². The number of fused-ring (bicyclic) bond motifs is 1. The van der Waals surface area contributed by atoms with Crippen LogP contribution >= 0.6 is 0 Å². The first kappa shape index (κ1) is 21.5. The number of carboxylic acid groups (broad SMARTS) is 1. The van der Waals surface area contributed by atoms with Crippen molar-refractivity contribution in [3.63, 3.8) is 0 Å². The van der Waals surface area contributed by atoms with Crippen molar-refractivity contribution in [1.29, 1.82) is 0 Å². The Morgan fingerprint density at radius 2 is 2.15 bits per heavy atom. The fourth-order valence-electron chi connectivity index (χ4n) is 3.95. The van der Waals surface area contributed by atoms with Crippen LogP contribution in [0.25, 0.3) is 0 Å². The van der Waals surface area contributed by atoms with Crippen LogP contribution in [0.5, 0.6) is 0 Å². The Hall–Kier alpha value is -1.79. The van der Waals surface area contributed by atoms with Gasteiger partial charge in [0.2, 0.25) is 0 Å². The smallest absolute Gasteiger partial charge is 0.329 e. The van der Waals surface area contributed by atoms with Crippen LogP contribution in [0, 0.1) is 47.4 Å². The standard InChI is InChI=1S/C22H30O5/c1-3-4-5-6-15(2)20(23)8-7-18-19-12-16(9-10-27-14-22(25)26)11-17(19)13-21(18)24/h9,15,17-21,23-24H,3,6,10-14H2,1-2H3,(H,25,26)/t15-,17-,18+,19-,20+,21+/m0/s1. The van der Waals surface area contributed by atoms with Crippen molar-refractivity contribution in [3.05, 3.63) is 11.6 Å². The molecule has 0 aromatic rings. The third-order valence-corrected chi connectivity index (χ3v) is 5.43. The zero-order valence-corrected chi connectivity index (χ0v) is 16.1. The van der Waals surface area contributed by atoms with Crippen LogP contribution < -0.4 is 0 Å². The van der Waals surface area contributed by atoms with Gasteiger partial charge >= 0.3 is 5.97 Å². The molecular formula is C22H30O5. The number of aliphatic hydroxyl groups is 2. The Labute approximate surface area is 161 Å². The zero-order valence-electron chi connectivity index (χ0n) is 16.1. The van der Waals surface area contributed by atoms with Crippen molar-refractivity contribution in [2.24, 2.45) is 23.7 Å². The Kier molecular flexibility index (Phi) is 8.38. The number of ether oxygens (including phenoxy) is 1. The highest BCUT2D eigenvalue weighted by molar-refractivity contribution is 5.68. The maximum atomic E-state index is 10.5. The molecule has 0 aliphatic heterocycles. The summed E-state index contributed by atoms with van der Waals surface area (Å²) in [5, 5.41) is 29.2. The second-order valence-electron chi connectivity index (χ2n) is 7.55. The highest BCUT2D eigenvalue weighted by atomic mass is 16.5. The molecule has 5 nitrogen and oxygen atoms in total. The van der Waals surface area contributed by atoms with Crippen LogP contribution in [0.4, 0.5) is 0 Å². The molecule has 0 aromatic carbocycles. The average Bonchev–Trinajstić information content (AvgIpc) is 3.13. The lowest BCUT2D eigenvalue weighted by Crippen LogP contribution is -2.19. The van der Waals surface area contributed by atoms with Crippen molar-refractivity contribution in [2.45, 2.75) is 58.2 Å². The largest absolute Gasteiger partial charge is 0.480 e. The molecule has 148 valence electrons. The molecule has 2 aliphatic rings. The summed E-state index contributed by atoms with van der Waals surface area (Å²) in [6.45, 7) is 3.94. The SMILES string of the molecule is CCC#CC[C@H](C)[C@H](O)C#C[C@@H]1[C@H]2CC(=CCOCC(=O)O)C[C@H]2C[C@H]1O. The molecule has 0 heterocycles. The maximum Gasteiger partial charge on any atom is 0.329 e. The molecule has 2 saturated carbocycles. The van der Waals surface area contributed by atoms with Gasteiger partial charge in [-0.3, -0.25) is 0 Å². The average molecular weight is 374 g/mol. The highest BCUT2D eigenvalue weighted by Gasteiger charge is 2.45. The van der Waals surface area contributed by atoms with Gasteiger partial charge in [-0.05, 0) is 31.1 Å². The number of carbonyl (C=O) groups is 1. The number of hydrogen-bond acceptors (Lipinski definition) is 4. The summed E-state index contributed by atoms with van der Waals surface area (Å²) in [4.78, 5) is 10.5. The third kappa shape index (κ3) is 6.40. The number of aliphatic hydroxyl groups excluding tert-OH is 2. The van der Waals surface area contributed by atoms with Crippen LogP contribution in [-0.4, -0.2) is 46.7 Å². The fourth-order valence-corrected chi connectivity index (χ4v) is 3.95. The molecule has 0 unspecified atom stereocenters. The number of rotatable bonds is 6. The summed E-state index contributed by atoms with van der Waals surface area (Å²) < 4.78 is 5.08. The van der Waals surface area contributed by atoms with E-state index in [-0.39, 0.29) is 18.4 Å². The molecule has 2 fully saturated rings. The first-order valence-electron chi connectivity index (χ1n) is 9.72. The summed E-state index contributed by atoms with van der Waals surface area (Å²) in [7, 11) is 0. The first-order chi connectivity index (χ1) is 12.9. The monoisotopic (exact) mass is 374 g/mol. The molecular weight excluding hydrogens is 344 g/mol. The van der Waals surface area contributed by atoms with Gasteiger partial charge in [0.1, 0.15) is 12.7 Å². The minimum absolute atomic E-state index is 0.0173. The molecule has 0 amide bonds. The van der Waals surface area contributed by atoms with E-state index in [1.807, 2.05) is 19.9 Å². The van der Waals surface area contributed by atoms with Crippen molar-refractivity contribution in [3.8, 4) is 23.7 Å². The topological polar surface area (TPSA) is 87.0 Å². The summed E-state index contributed by atoms with van der Waals surface area (Å²) in [5.41, 5.74) is 1.25. The number of hydrogen-bond donors (Lipinski definition) is 3. The van der Waals surface area contributed by atoms with E-state index in [0.717, 1.165) is 25.7 Å². The van der Waals surface area contributed by atoms with E-state index in [1.165, 1.54) is 5.57 Å². The zero-order chi connectivity index (χ0) is 19.8. The predicted molar refractivity (Wildman–Crippen MR) is 102 cm³/mol. The Morgan fingerprint density at radius 1 is 1.37 bits per heavy atom. The molecule has 3 N–H and O–H groups in total. The molecule has 6 atom stereocenters. The van der Waals surface area contributed by atoms with Gasteiger partial charge in [0.15, 0.2) is 0 Å². The fraction of sp³-hybridized carbons (Fsp3) is 0.682. The normalized spacial score (nSPS) is 30.0. The lowest BCUT2D eigenvalue weighted by atomic mass is 9.91. The minimum atomic E-state index is -0.969. The van der Waals surface area contributed by atoms with Gasteiger partial charge in [-0.25, -0.2) is 4.79 Å². The summed E-state index contributed by atoms with van der Waals surface area (Å²) in [6, 6.07) is 0. The number of carboxylic acids is 1. The van der Waals surface area contributed by atoms with Gasteiger partial charge in [0.05, 0.1) is 12.7 Å². The number of aliphatic carboxylic acids is 1. The third-order valence-electron chi connectivity index (χ3n) is 5.43. The van der Waals surface area contributed by atoms with Gasteiger partial charge in [-0.2, -0.15) is 0 Å². The molecule has 2 aliphatic carbocycles. The highest BCUT2D eigenvalue weighted by Crippen LogP contribution is 2.49. The predicted octanol–water partition coefficient (Wildman–Crippen LogP) is 2.22. The van der Waals surface area contributed by atoms with E-state index >= 15 is 0 Å². The van der Waals surface area contributed by atoms with Gasteiger partial charge in [-0.15, -0.1) is 11.8 Å². The Bertz CT molecular complexity index is 660. The molecule has 0 bridgehead atoms. The molecule has 0 saturated heterocycles. The molecule has 27 heavy (non-hydrogen) atoms. The Morgan fingerprint density at radius 3 is 2.85 bits per heavy atom. The molecule has 2 rings (SSSR count). The second-order valence-corrected chi connectivity index (χ2v) is 7.55. The van der Waals surface area contributed by atoms with E-state index in [1.54, 1.807) is 0 Å². The van der Waals surface area contributed by atoms with Gasteiger partial charge in [0, 0.05) is 24.7 Å². The van der Waals surface area contributed by atoms with Gasteiger partial charge in [-0.1, -0.05) is 37.3 Å². The lowest BCUT2D eigenvalue weighted by molar-refractivity contribution is -0.141. The second kappa shape index (κ2) is 10.5. The van der Waals surface area contributed by atoms with E-state index < -0.39 is 18.2 Å². The van der Waals surface area contributed by atoms with Crippen LogP contribution in [0.2, 0.25) is 0 Å². The van der Waals surface area contributed by atoms with Crippen molar-refractivity contribution in [1.82, 2.24) is 0 Å². The summed E-state index contributed by atoms with van der Waals surface area (Å²) in [5.74, 6) is 11.7. The summed E-state index contributed by atoms with van der Waals surface area (Å²) >= 11 is 0. The van der Waals surface area contributed by atoms with E-state index in [2.05, 4.69) is 23.7 Å². The summed E-state index contributed by atoms with van der Waals surface area (Å²) in [6.07, 6.45) is 4.69. The van der Waals surface area contributed by atoms with E-state index in [4.69, 9.17) is 9.84 Å². The van der Waals surface area contributed by atoms with Crippen LogP contribution in [0.3, 0.4) is 0 Å². The molecule has 0 radical (unpaired) electrons. The number of allylic oxidation sites excluding steroid dienone is 1. The minimum Gasteiger partial charge on any atom is -0.480 e. The van der Waals surface area contributed by atoms with Crippen molar-refractivity contribution in [2.75, 3.05) is 13.2 Å². The van der Waals surface area contributed by atoms with E-state index in [9.17, 15) is 15.0 Å². The molecule has 0 spiro atoms. The van der Waals surface area contributed by atoms with Gasteiger partial charge < -0.3 is 20.1 Å². The van der Waals surface area contributed by atoms with Gasteiger partial charge in [0.25, 0.3) is 0 Å². The Balaban J connectivity index is 1.91. The quantitative estimate of drug-likeness (QED) is 0.377. The van der Waals surface area contributed by atoms with Crippen molar-refractivity contribution < 1.29 is 24.9 Å². The van der Waals surface area contributed by atoms with Crippen LogP contribution in [0.1, 0.15) is 46.0 Å². The maximum absolute atomic E-state index is 10.5. The van der Waals surface area contributed by atoms with Crippen LogP contribution in [0.15, 0.2) is 11.6 Å². The van der Waals surface area contributed by atoms with E-state index in [0.29, 0.717) is 24.9 Å². The molecule has 0 aromatic heterocycles. The lowest BCUT2D eigenvalue weighted by Gasteiger charge is -2.16. The first-order valence-corrected chi connectivity index (χ1v) is 9.72. The molecule has 5 heteroatoms.